The molecule has 0 aliphatic rings. The zero-order valence-corrected chi connectivity index (χ0v) is 15.0. The molecule has 3 rings (SSSR count). The number of aromatic nitrogens is 1. The maximum atomic E-state index is 12.2. The first kappa shape index (κ1) is 17.0. The van der Waals surface area contributed by atoms with E-state index in [-0.39, 0.29) is 11.5 Å². The molecule has 0 spiro atoms. The third-order valence-corrected chi connectivity index (χ3v) is 4.37. The number of aromatic amines is 1. The fourth-order valence-corrected chi connectivity index (χ4v) is 3.07. The molecule has 124 valence electrons. The van der Waals surface area contributed by atoms with Gasteiger partial charge in [0.2, 0.25) is 0 Å². The maximum absolute atomic E-state index is 12.2. The summed E-state index contributed by atoms with van der Waals surface area (Å²) in [5, 5.41) is 13.2. The second kappa shape index (κ2) is 7.82. The summed E-state index contributed by atoms with van der Waals surface area (Å²) in [7, 11) is 0. The van der Waals surface area contributed by atoms with Gasteiger partial charge >= 0.3 is 0 Å². The Kier molecular flexibility index (Phi) is 5.32. The summed E-state index contributed by atoms with van der Waals surface area (Å²) in [4.78, 5) is 15.5. The number of hydrogen-bond acceptors (Lipinski definition) is 2. The first-order chi connectivity index (χ1) is 12.2. The summed E-state index contributed by atoms with van der Waals surface area (Å²) in [5.41, 5.74) is 3.12. The minimum Gasteiger partial charge on any atom is -0.361 e. The summed E-state index contributed by atoms with van der Waals surface area (Å²) in [5.74, 6) is -0.359. The van der Waals surface area contributed by atoms with Crippen molar-refractivity contribution in [1.82, 2.24) is 10.3 Å². The molecule has 0 radical (unpaired) electrons. The Labute approximate surface area is 154 Å². The average molecular weight is 394 g/mol. The zero-order valence-electron chi connectivity index (χ0n) is 13.4. The van der Waals surface area contributed by atoms with Crippen LogP contribution in [0.3, 0.4) is 0 Å². The molecule has 0 saturated carbocycles. The number of H-pyrrole nitrogens is 1. The monoisotopic (exact) mass is 393 g/mol. The molecule has 3 aromatic rings. The van der Waals surface area contributed by atoms with Gasteiger partial charge in [0.05, 0.1) is 0 Å². The summed E-state index contributed by atoms with van der Waals surface area (Å²) in [6.07, 6.45) is 4.25. The fourth-order valence-electron chi connectivity index (χ4n) is 2.66. The number of nitrogens with zero attached hydrogens (tertiary/aromatic N) is 1. The van der Waals surface area contributed by atoms with Crippen LogP contribution in [0.1, 0.15) is 11.1 Å². The largest absolute Gasteiger partial charge is 0.361 e. The van der Waals surface area contributed by atoms with Crippen LogP contribution in [0.5, 0.6) is 0 Å². The Bertz CT molecular complexity index is 982. The van der Waals surface area contributed by atoms with E-state index < -0.39 is 0 Å². The molecule has 5 heteroatoms. The normalized spacial score (nSPS) is 11.3. The van der Waals surface area contributed by atoms with Gasteiger partial charge in [-0.15, -0.1) is 0 Å². The SMILES string of the molecule is N#C/C(=C\c1cccc(Br)c1)C(=O)NCCc1c[nH]c2ccccc12. The third kappa shape index (κ3) is 4.17. The number of rotatable bonds is 5. The van der Waals surface area contributed by atoms with Gasteiger partial charge < -0.3 is 10.3 Å². The van der Waals surface area contributed by atoms with E-state index in [0.29, 0.717) is 13.0 Å². The highest BCUT2D eigenvalue weighted by atomic mass is 79.9. The van der Waals surface area contributed by atoms with Gasteiger partial charge in [-0.25, -0.2) is 0 Å². The lowest BCUT2D eigenvalue weighted by molar-refractivity contribution is -0.117. The number of benzene rings is 2. The third-order valence-electron chi connectivity index (χ3n) is 3.88. The van der Waals surface area contributed by atoms with Crippen LogP contribution in [0.25, 0.3) is 17.0 Å². The summed E-state index contributed by atoms with van der Waals surface area (Å²) in [6, 6.07) is 17.5. The highest BCUT2D eigenvalue weighted by Crippen LogP contribution is 2.18. The number of fused-ring (bicyclic) bond motifs is 1. The second-order valence-corrected chi connectivity index (χ2v) is 6.51. The van der Waals surface area contributed by atoms with Crippen LogP contribution in [0.15, 0.2) is 64.8 Å². The van der Waals surface area contributed by atoms with E-state index in [1.165, 1.54) is 0 Å². The Morgan fingerprint density at radius 2 is 2.08 bits per heavy atom. The van der Waals surface area contributed by atoms with Crippen LogP contribution in [-0.4, -0.2) is 17.4 Å². The molecule has 1 amide bonds. The predicted molar refractivity (Wildman–Crippen MR) is 103 cm³/mol. The highest BCUT2D eigenvalue weighted by Gasteiger charge is 2.09. The predicted octanol–water partition coefficient (Wildman–Crippen LogP) is 4.20. The van der Waals surface area contributed by atoms with Crippen molar-refractivity contribution < 1.29 is 4.79 Å². The van der Waals surface area contributed by atoms with E-state index in [2.05, 4.69) is 32.3 Å². The molecule has 0 unspecified atom stereocenters. The van der Waals surface area contributed by atoms with E-state index in [1.54, 1.807) is 6.08 Å². The Balaban J connectivity index is 1.64. The van der Waals surface area contributed by atoms with E-state index >= 15 is 0 Å². The Morgan fingerprint density at radius 1 is 1.24 bits per heavy atom. The zero-order chi connectivity index (χ0) is 17.6. The van der Waals surface area contributed by atoms with E-state index in [9.17, 15) is 10.1 Å². The minimum atomic E-state index is -0.359. The van der Waals surface area contributed by atoms with Crippen molar-refractivity contribution in [2.45, 2.75) is 6.42 Å². The van der Waals surface area contributed by atoms with Crippen molar-refractivity contribution >= 4 is 38.8 Å². The minimum absolute atomic E-state index is 0.0945. The fraction of sp³-hybridized carbons (Fsp3) is 0.100. The van der Waals surface area contributed by atoms with Crippen LogP contribution in [-0.2, 0) is 11.2 Å². The highest BCUT2D eigenvalue weighted by molar-refractivity contribution is 9.10. The number of carbonyl (C=O) groups excluding carboxylic acids is 1. The van der Waals surface area contributed by atoms with E-state index in [1.807, 2.05) is 54.7 Å². The lowest BCUT2D eigenvalue weighted by atomic mass is 10.1. The number of amides is 1. The Morgan fingerprint density at radius 3 is 2.88 bits per heavy atom. The summed E-state index contributed by atoms with van der Waals surface area (Å²) < 4.78 is 0.901. The van der Waals surface area contributed by atoms with Gasteiger partial charge in [0.25, 0.3) is 5.91 Å². The average Bonchev–Trinajstić information content (AvgIpc) is 3.03. The first-order valence-electron chi connectivity index (χ1n) is 7.88. The molecule has 0 bridgehead atoms. The van der Waals surface area contributed by atoms with Gasteiger partial charge in [0, 0.05) is 28.1 Å². The van der Waals surface area contributed by atoms with Crippen molar-refractivity contribution in [3.63, 3.8) is 0 Å². The van der Waals surface area contributed by atoms with Crippen LogP contribution < -0.4 is 5.32 Å². The molecule has 1 heterocycles. The number of para-hydroxylation sites is 1. The molecule has 2 aromatic carbocycles. The quantitative estimate of drug-likeness (QED) is 0.503. The van der Waals surface area contributed by atoms with Gasteiger partial charge in [-0.1, -0.05) is 46.3 Å². The smallest absolute Gasteiger partial charge is 0.261 e. The number of carbonyl (C=O) groups is 1. The van der Waals surface area contributed by atoms with Gasteiger partial charge in [0.15, 0.2) is 0 Å². The standard InChI is InChI=1S/C20H16BrN3O/c21-17-5-3-4-14(11-17)10-16(12-22)20(25)23-9-8-15-13-24-19-7-2-1-6-18(15)19/h1-7,10-11,13,24H,8-9H2,(H,23,25)/b16-10+. The van der Waals surface area contributed by atoms with Crippen LogP contribution in [0, 0.1) is 11.3 Å². The van der Waals surface area contributed by atoms with Crippen molar-refractivity contribution in [1.29, 1.82) is 5.26 Å². The van der Waals surface area contributed by atoms with Gasteiger partial charge in [-0.3, -0.25) is 4.79 Å². The van der Waals surface area contributed by atoms with E-state index in [0.717, 1.165) is 26.5 Å². The molecule has 0 fully saturated rings. The number of nitriles is 1. The van der Waals surface area contributed by atoms with E-state index in [4.69, 9.17) is 0 Å². The van der Waals surface area contributed by atoms with Crippen molar-refractivity contribution in [3.8, 4) is 6.07 Å². The molecule has 0 aliphatic heterocycles. The number of nitrogens with one attached hydrogen (secondary N) is 2. The molecule has 1 aromatic heterocycles. The lowest BCUT2D eigenvalue weighted by Crippen LogP contribution is -2.26. The summed E-state index contributed by atoms with van der Waals surface area (Å²) >= 11 is 3.38. The molecule has 0 atom stereocenters. The van der Waals surface area contributed by atoms with Crippen LogP contribution in [0.2, 0.25) is 0 Å². The Hall–Kier alpha value is -2.84. The molecule has 0 saturated heterocycles. The molecule has 25 heavy (non-hydrogen) atoms. The topological polar surface area (TPSA) is 68.7 Å². The first-order valence-corrected chi connectivity index (χ1v) is 8.67. The molecule has 0 aliphatic carbocycles. The van der Waals surface area contributed by atoms with Crippen molar-refractivity contribution in [2.24, 2.45) is 0 Å². The van der Waals surface area contributed by atoms with Crippen molar-refractivity contribution in [2.75, 3.05) is 6.54 Å². The summed E-state index contributed by atoms with van der Waals surface area (Å²) in [6.45, 7) is 0.470. The van der Waals surface area contributed by atoms with Crippen LogP contribution in [0.4, 0.5) is 0 Å². The molecule has 2 N–H and O–H groups in total. The van der Waals surface area contributed by atoms with Gasteiger partial charge in [-0.05, 0) is 41.8 Å². The maximum Gasteiger partial charge on any atom is 0.261 e. The molecular weight excluding hydrogens is 378 g/mol. The molecule has 4 nitrogen and oxygen atoms in total. The van der Waals surface area contributed by atoms with Gasteiger partial charge in [0.1, 0.15) is 11.6 Å². The number of hydrogen-bond donors (Lipinski definition) is 2. The lowest BCUT2D eigenvalue weighted by Gasteiger charge is -2.04. The second-order valence-electron chi connectivity index (χ2n) is 5.59. The van der Waals surface area contributed by atoms with Crippen LogP contribution >= 0.6 is 15.9 Å². The number of halogens is 1. The molecular formula is C20H16BrN3O. The van der Waals surface area contributed by atoms with Gasteiger partial charge in [-0.2, -0.15) is 5.26 Å². The van der Waals surface area contributed by atoms with Crippen molar-refractivity contribution in [3.05, 3.63) is 75.9 Å².